The van der Waals surface area contributed by atoms with Gasteiger partial charge >= 0.3 is 0 Å². The predicted molar refractivity (Wildman–Crippen MR) is 91.8 cm³/mol. The first-order valence-electron chi connectivity index (χ1n) is 8.03. The lowest BCUT2D eigenvalue weighted by Crippen LogP contribution is -2.32. The molecule has 0 aliphatic carbocycles. The van der Waals surface area contributed by atoms with E-state index in [-0.39, 0.29) is 0 Å². The Kier molecular flexibility index (Phi) is 6.01. The average molecular weight is 281 g/mol. The Hall–Kier alpha value is -1.60. The van der Waals surface area contributed by atoms with Gasteiger partial charge in [0, 0.05) is 6.04 Å². The summed E-state index contributed by atoms with van der Waals surface area (Å²) in [4.78, 5) is 0. The van der Waals surface area contributed by atoms with Crippen LogP contribution in [0.2, 0.25) is 0 Å². The van der Waals surface area contributed by atoms with Crippen LogP contribution in [0, 0.1) is 13.8 Å². The summed E-state index contributed by atoms with van der Waals surface area (Å²) >= 11 is 0. The quantitative estimate of drug-likeness (QED) is 0.790. The van der Waals surface area contributed by atoms with Crippen LogP contribution in [0.1, 0.15) is 35.6 Å². The van der Waals surface area contributed by atoms with E-state index >= 15 is 0 Å². The van der Waals surface area contributed by atoms with Crippen LogP contribution in [0.5, 0.6) is 0 Å². The molecule has 1 heteroatoms. The van der Waals surface area contributed by atoms with Crippen molar-refractivity contribution in [1.29, 1.82) is 0 Å². The smallest absolute Gasteiger partial charge is 0.0111 e. The summed E-state index contributed by atoms with van der Waals surface area (Å²) in [7, 11) is 0. The van der Waals surface area contributed by atoms with Gasteiger partial charge in [-0.1, -0.05) is 55.5 Å². The molecule has 21 heavy (non-hydrogen) atoms. The maximum atomic E-state index is 3.66. The molecule has 0 saturated carbocycles. The lowest BCUT2D eigenvalue weighted by Gasteiger charge is -2.20. The maximum Gasteiger partial charge on any atom is 0.0111 e. The fraction of sp³-hybridized carbons (Fsp3) is 0.400. The van der Waals surface area contributed by atoms with Gasteiger partial charge in [-0.15, -0.1) is 0 Å². The van der Waals surface area contributed by atoms with Crippen molar-refractivity contribution >= 4 is 0 Å². The highest BCUT2D eigenvalue weighted by Gasteiger charge is 2.12. The topological polar surface area (TPSA) is 12.0 Å². The van der Waals surface area contributed by atoms with E-state index < -0.39 is 0 Å². The maximum absolute atomic E-state index is 3.66. The van der Waals surface area contributed by atoms with Crippen molar-refractivity contribution in [2.24, 2.45) is 0 Å². The van der Waals surface area contributed by atoms with Crippen LogP contribution < -0.4 is 5.32 Å². The number of rotatable bonds is 7. The zero-order valence-corrected chi connectivity index (χ0v) is 13.5. The molecule has 0 aliphatic rings. The molecular weight excluding hydrogens is 254 g/mol. The summed E-state index contributed by atoms with van der Waals surface area (Å²) in [6.07, 6.45) is 3.45. The molecule has 2 rings (SSSR count). The molecule has 0 radical (unpaired) electrons. The lowest BCUT2D eigenvalue weighted by atomic mass is 9.93. The molecule has 1 unspecified atom stereocenters. The van der Waals surface area contributed by atoms with Crippen LogP contribution >= 0.6 is 0 Å². The van der Waals surface area contributed by atoms with Gasteiger partial charge in [-0.3, -0.25) is 0 Å². The van der Waals surface area contributed by atoms with E-state index in [2.05, 4.69) is 74.6 Å². The Morgan fingerprint density at radius 3 is 2.19 bits per heavy atom. The first-order valence-corrected chi connectivity index (χ1v) is 8.03. The number of likely N-dealkylation sites (N-methyl/N-ethyl adjacent to an activating group) is 1. The highest BCUT2D eigenvalue weighted by molar-refractivity contribution is 5.34. The predicted octanol–water partition coefficient (Wildman–Crippen LogP) is 4.46. The number of nitrogens with one attached hydrogen (secondary N) is 1. The van der Waals surface area contributed by atoms with E-state index in [1.54, 1.807) is 0 Å². The number of hydrogen-bond acceptors (Lipinski definition) is 1. The molecule has 0 spiro atoms. The molecule has 1 atom stereocenters. The second-order valence-corrected chi connectivity index (χ2v) is 5.85. The molecule has 0 bridgehead atoms. The molecule has 1 nitrogen and oxygen atoms in total. The second-order valence-electron chi connectivity index (χ2n) is 5.85. The van der Waals surface area contributed by atoms with Crippen LogP contribution in [0.25, 0.3) is 0 Å². The summed E-state index contributed by atoms with van der Waals surface area (Å²) in [6, 6.07) is 17.9. The minimum atomic E-state index is 0.551. The van der Waals surface area contributed by atoms with E-state index in [0.29, 0.717) is 6.04 Å². The number of benzene rings is 2. The van der Waals surface area contributed by atoms with Crippen molar-refractivity contribution in [3.05, 3.63) is 70.8 Å². The highest BCUT2D eigenvalue weighted by atomic mass is 14.9. The van der Waals surface area contributed by atoms with Gasteiger partial charge in [0.25, 0.3) is 0 Å². The first-order chi connectivity index (χ1) is 10.2. The van der Waals surface area contributed by atoms with Gasteiger partial charge in [-0.2, -0.15) is 0 Å². The molecule has 0 amide bonds. The Labute approximate surface area is 129 Å². The molecule has 2 aromatic rings. The van der Waals surface area contributed by atoms with Crippen LogP contribution in [-0.2, 0) is 12.8 Å². The van der Waals surface area contributed by atoms with Gasteiger partial charge in [-0.25, -0.2) is 0 Å². The van der Waals surface area contributed by atoms with E-state index in [0.717, 1.165) is 19.4 Å². The van der Waals surface area contributed by atoms with Gasteiger partial charge < -0.3 is 5.32 Å². The average Bonchev–Trinajstić information content (AvgIpc) is 2.49. The van der Waals surface area contributed by atoms with E-state index in [4.69, 9.17) is 0 Å². The Balaban J connectivity index is 2.02. The molecule has 1 N–H and O–H groups in total. The van der Waals surface area contributed by atoms with Gasteiger partial charge in [0.15, 0.2) is 0 Å². The normalized spacial score (nSPS) is 12.3. The summed E-state index contributed by atoms with van der Waals surface area (Å²) < 4.78 is 0. The van der Waals surface area contributed by atoms with Crippen LogP contribution in [0.15, 0.2) is 48.5 Å². The summed E-state index contributed by atoms with van der Waals surface area (Å²) in [5, 5.41) is 3.66. The SMILES string of the molecule is CCNC(CCc1ccccc1)Cc1c(C)cccc1C. The first kappa shape index (κ1) is 15.8. The monoisotopic (exact) mass is 281 g/mol. The van der Waals surface area contributed by atoms with Crippen LogP contribution in [0.3, 0.4) is 0 Å². The standard InChI is InChI=1S/C20H27N/c1-4-21-19(14-13-18-11-6-5-7-12-18)15-20-16(2)9-8-10-17(20)3/h5-12,19,21H,4,13-15H2,1-3H3. The Morgan fingerprint density at radius 1 is 0.905 bits per heavy atom. The van der Waals surface area contributed by atoms with Gasteiger partial charge in [0.05, 0.1) is 0 Å². The minimum absolute atomic E-state index is 0.551. The van der Waals surface area contributed by atoms with E-state index in [1.807, 2.05) is 0 Å². The van der Waals surface area contributed by atoms with Crippen molar-refractivity contribution in [2.75, 3.05) is 6.54 Å². The molecule has 0 aromatic heterocycles. The van der Waals surface area contributed by atoms with Crippen molar-refractivity contribution in [1.82, 2.24) is 5.32 Å². The molecule has 0 saturated heterocycles. The number of hydrogen-bond donors (Lipinski definition) is 1. The zero-order chi connectivity index (χ0) is 15.1. The van der Waals surface area contributed by atoms with Crippen molar-refractivity contribution in [2.45, 2.75) is 46.1 Å². The summed E-state index contributed by atoms with van der Waals surface area (Å²) in [5.74, 6) is 0. The van der Waals surface area contributed by atoms with E-state index in [9.17, 15) is 0 Å². The fourth-order valence-corrected chi connectivity index (χ4v) is 2.97. The third-order valence-corrected chi connectivity index (χ3v) is 4.21. The largest absolute Gasteiger partial charge is 0.314 e. The van der Waals surface area contributed by atoms with Crippen molar-refractivity contribution in [3.63, 3.8) is 0 Å². The van der Waals surface area contributed by atoms with Crippen LogP contribution in [0.4, 0.5) is 0 Å². The molecular formula is C20H27N. The third-order valence-electron chi connectivity index (χ3n) is 4.21. The zero-order valence-electron chi connectivity index (χ0n) is 13.5. The third kappa shape index (κ3) is 4.71. The lowest BCUT2D eigenvalue weighted by molar-refractivity contribution is 0.489. The van der Waals surface area contributed by atoms with Crippen LogP contribution in [-0.4, -0.2) is 12.6 Å². The molecule has 0 fully saturated rings. The fourth-order valence-electron chi connectivity index (χ4n) is 2.97. The van der Waals surface area contributed by atoms with Crippen molar-refractivity contribution in [3.8, 4) is 0 Å². The molecule has 112 valence electrons. The highest BCUT2D eigenvalue weighted by Crippen LogP contribution is 2.17. The summed E-state index contributed by atoms with van der Waals surface area (Å²) in [5.41, 5.74) is 5.77. The molecule has 0 heterocycles. The van der Waals surface area contributed by atoms with Gasteiger partial charge in [0.2, 0.25) is 0 Å². The summed E-state index contributed by atoms with van der Waals surface area (Å²) in [6.45, 7) is 7.68. The molecule has 0 aliphatic heterocycles. The van der Waals surface area contributed by atoms with Gasteiger partial charge in [-0.05, 0) is 61.9 Å². The second kappa shape index (κ2) is 7.99. The van der Waals surface area contributed by atoms with Gasteiger partial charge in [0.1, 0.15) is 0 Å². The van der Waals surface area contributed by atoms with E-state index in [1.165, 1.54) is 28.7 Å². The Bertz CT molecular complexity index is 525. The Morgan fingerprint density at radius 2 is 1.57 bits per heavy atom. The molecule has 2 aromatic carbocycles. The minimum Gasteiger partial charge on any atom is -0.314 e. The number of aryl methyl sites for hydroxylation is 3. The van der Waals surface area contributed by atoms with Crippen molar-refractivity contribution < 1.29 is 0 Å².